The van der Waals surface area contributed by atoms with Gasteiger partial charge in [0, 0.05) is 12.1 Å². The van der Waals surface area contributed by atoms with E-state index < -0.39 is 0 Å². The quantitative estimate of drug-likeness (QED) is 0.615. The van der Waals surface area contributed by atoms with Crippen LogP contribution in [0.4, 0.5) is 5.69 Å². The molecule has 1 N–H and O–H groups in total. The standard InChI is InChI=1S/C15H18N2O3S/c16-8-2-1-3-9-19-13-6-4-12(5-7-13)17-10-14(11-18)20-15(17)21/h4-7,14,18H,1-3,9-11H2. The highest BCUT2D eigenvalue weighted by Crippen LogP contribution is 2.24. The lowest BCUT2D eigenvalue weighted by Gasteiger charge is -2.15. The molecule has 5 nitrogen and oxygen atoms in total. The zero-order chi connectivity index (χ0) is 15.1. The maximum Gasteiger partial charge on any atom is 0.264 e. The Morgan fingerprint density at radius 1 is 1.38 bits per heavy atom. The summed E-state index contributed by atoms with van der Waals surface area (Å²) in [5.74, 6) is 0.792. The normalized spacial score (nSPS) is 17.4. The van der Waals surface area contributed by atoms with Crippen LogP contribution in [0.25, 0.3) is 0 Å². The van der Waals surface area contributed by atoms with Gasteiger partial charge in [-0.3, -0.25) is 4.90 Å². The highest BCUT2D eigenvalue weighted by atomic mass is 32.1. The first-order valence-electron chi connectivity index (χ1n) is 6.93. The van der Waals surface area contributed by atoms with E-state index in [1.54, 1.807) is 0 Å². The lowest BCUT2D eigenvalue weighted by molar-refractivity contribution is 0.136. The van der Waals surface area contributed by atoms with Crippen LogP contribution in [0.5, 0.6) is 5.75 Å². The van der Waals surface area contributed by atoms with E-state index in [0.717, 1.165) is 24.3 Å². The van der Waals surface area contributed by atoms with Crippen LogP contribution in [0.15, 0.2) is 24.3 Å². The fourth-order valence-electron chi connectivity index (χ4n) is 2.05. The minimum atomic E-state index is -0.256. The van der Waals surface area contributed by atoms with E-state index in [2.05, 4.69) is 6.07 Å². The Balaban J connectivity index is 1.85. The molecule has 1 unspecified atom stereocenters. The van der Waals surface area contributed by atoms with Gasteiger partial charge in [-0.15, -0.1) is 0 Å². The molecule has 112 valence electrons. The molecule has 1 aromatic carbocycles. The van der Waals surface area contributed by atoms with Gasteiger partial charge < -0.3 is 14.6 Å². The molecule has 0 bridgehead atoms. The lowest BCUT2D eigenvalue weighted by atomic mass is 10.2. The second-order valence-corrected chi connectivity index (χ2v) is 5.11. The van der Waals surface area contributed by atoms with Crippen molar-refractivity contribution in [2.24, 2.45) is 0 Å². The summed E-state index contributed by atoms with van der Waals surface area (Å²) in [7, 11) is 0. The monoisotopic (exact) mass is 306 g/mol. The SMILES string of the molecule is N#CCCCCOc1ccc(N2CC(CO)OC2=S)cc1. The first kappa shape index (κ1) is 15.5. The molecule has 1 saturated heterocycles. The summed E-state index contributed by atoms with van der Waals surface area (Å²) in [5.41, 5.74) is 0.924. The number of nitrogens with zero attached hydrogens (tertiary/aromatic N) is 2. The topological polar surface area (TPSA) is 65.7 Å². The zero-order valence-electron chi connectivity index (χ0n) is 11.7. The predicted octanol–water partition coefficient (Wildman–Crippen LogP) is 2.24. The smallest absolute Gasteiger partial charge is 0.264 e. The van der Waals surface area contributed by atoms with Crippen LogP contribution in [0, 0.1) is 11.3 Å². The Morgan fingerprint density at radius 2 is 2.14 bits per heavy atom. The van der Waals surface area contributed by atoms with Gasteiger partial charge in [0.2, 0.25) is 0 Å². The first-order chi connectivity index (χ1) is 10.2. The third-order valence-electron chi connectivity index (χ3n) is 3.18. The number of ether oxygens (including phenoxy) is 2. The summed E-state index contributed by atoms with van der Waals surface area (Å²) in [6.45, 7) is 1.13. The molecule has 0 amide bonds. The van der Waals surface area contributed by atoms with Crippen LogP contribution in [0.1, 0.15) is 19.3 Å². The molecule has 1 aromatic rings. The van der Waals surface area contributed by atoms with E-state index in [4.69, 9.17) is 32.1 Å². The van der Waals surface area contributed by atoms with Crippen molar-refractivity contribution in [1.29, 1.82) is 5.26 Å². The average Bonchev–Trinajstić information content (AvgIpc) is 2.89. The number of unbranched alkanes of at least 4 members (excludes halogenated alkanes) is 2. The number of hydrogen-bond acceptors (Lipinski definition) is 5. The van der Waals surface area contributed by atoms with Crippen molar-refractivity contribution in [3.05, 3.63) is 24.3 Å². The van der Waals surface area contributed by atoms with Crippen molar-refractivity contribution in [1.82, 2.24) is 0 Å². The molecule has 1 fully saturated rings. The minimum absolute atomic E-state index is 0.0411. The van der Waals surface area contributed by atoms with Gasteiger partial charge in [-0.05, 0) is 49.3 Å². The predicted molar refractivity (Wildman–Crippen MR) is 83.3 cm³/mol. The molecule has 1 heterocycles. The van der Waals surface area contributed by atoms with Crippen LogP contribution in [0.3, 0.4) is 0 Å². The fraction of sp³-hybridized carbons (Fsp3) is 0.467. The van der Waals surface area contributed by atoms with Gasteiger partial charge in [0.15, 0.2) is 0 Å². The number of anilines is 1. The largest absolute Gasteiger partial charge is 0.494 e. The number of benzene rings is 1. The van der Waals surface area contributed by atoms with Crippen molar-refractivity contribution < 1.29 is 14.6 Å². The molecule has 1 aliphatic heterocycles. The summed E-state index contributed by atoms with van der Waals surface area (Å²) in [5, 5.41) is 17.9. The van der Waals surface area contributed by atoms with Gasteiger partial charge in [-0.25, -0.2) is 0 Å². The van der Waals surface area contributed by atoms with E-state index >= 15 is 0 Å². The number of rotatable bonds is 7. The summed E-state index contributed by atoms with van der Waals surface area (Å²) in [6, 6.07) is 9.71. The van der Waals surface area contributed by atoms with Gasteiger partial charge >= 0.3 is 0 Å². The molecular formula is C15H18N2O3S. The second-order valence-electron chi connectivity index (χ2n) is 4.76. The molecule has 2 rings (SSSR count). The Kier molecular flexibility index (Phi) is 5.78. The van der Waals surface area contributed by atoms with Crippen LogP contribution in [-0.2, 0) is 4.74 Å². The number of thiocarbonyl (C=S) groups is 1. The maximum atomic E-state index is 9.10. The third kappa shape index (κ3) is 4.31. The van der Waals surface area contributed by atoms with Gasteiger partial charge in [-0.1, -0.05) is 0 Å². The number of hydrogen-bond donors (Lipinski definition) is 1. The molecule has 0 radical (unpaired) electrons. The minimum Gasteiger partial charge on any atom is -0.494 e. The Labute approximate surface area is 129 Å². The summed E-state index contributed by atoms with van der Waals surface area (Å²) < 4.78 is 11.0. The van der Waals surface area contributed by atoms with E-state index in [1.807, 2.05) is 29.2 Å². The summed E-state index contributed by atoms with van der Waals surface area (Å²) in [4.78, 5) is 1.85. The summed E-state index contributed by atoms with van der Waals surface area (Å²) >= 11 is 5.14. The van der Waals surface area contributed by atoms with Crippen LogP contribution < -0.4 is 9.64 Å². The Hall–Kier alpha value is -1.84. The van der Waals surface area contributed by atoms with Gasteiger partial charge in [0.25, 0.3) is 5.17 Å². The van der Waals surface area contributed by atoms with Gasteiger partial charge in [-0.2, -0.15) is 5.26 Å². The van der Waals surface area contributed by atoms with Crippen molar-refractivity contribution in [2.75, 3.05) is 24.7 Å². The Bertz CT molecular complexity index is 513. The van der Waals surface area contributed by atoms with Gasteiger partial charge in [0.1, 0.15) is 11.9 Å². The molecular weight excluding hydrogens is 288 g/mol. The molecule has 0 aromatic heterocycles. The highest BCUT2D eigenvalue weighted by molar-refractivity contribution is 7.80. The second kappa shape index (κ2) is 7.81. The molecule has 21 heavy (non-hydrogen) atoms. The van der Waals surface area contributed by atoms with E-state index in [0.29, 0.717) is 24.7 Å². The van der Waals surface area contributed by atoms with Gasteiger partial charge in [0.05, 0.1) is 25.8 Å². The highest BCUT2D eigenvalue weighted by Gasteiger charge is 2.28. The molecule has 6 heteroatoms. The van der Waals surface area contributed by atoms with Crippen LogP contribution in [-0.4, -0.2) is 36.1 Å². The zero-order valence-corrected chi connectivity index (χ0v) is 12.5. The molecule has 1 aliphatic rings. The van der Waals surface area contributed by atoms with Crippen molar-refractivity contribution in [2.45, 2.75) is 25.4 Å². The van der Waals surface area contributed by atoms with E-state index in [-0.39, 0.29) is 12.7 Å². The van der Waals surface area contributed by atoms with E-state index in [9.17, 15) is 0 Å². The van der Waals surface area contributed by atoms with Crippen LogP contribution in [0.2, 0.25) is 0 Å². The molecule has 1 atom stereocenters. The number of aliphatic hydroxyl groups is 1. The number of aliphatic hydroxyl groups excluding tert-OH is 1. The van der Waals surface area contributed by atoms with Crippen molar-refractivity contribution in [3.8, 4) is 11.8 Å². The molecule has 0 spiro atoms. The van der Waals surface area contributed by atoms with Crippen LogP contribution >= 0.6 is 12.2 Å². The lowest BCUT2D eigenvalue weighted by Crippen LogP contribution is -2.25. The van der Waals surface area contributed by atoms with E-state index in [1.165, 1.54) is 0 Å². The number of nitriles is 1. The third-order valence-corrected chi connectivity index (χ3v) is 3.49. The average molecular weight is 306 g/mol. The molecule has 0 aliphatic carbocycles. The van der Waals surface area contributed by atoms with Crippen molar-refractivity contribution >= 4 is 23.1 Å². The fourth-order valence-corrected chi connectivity index (χ4v) is 2.36. The molecule has 0 saturated carbocycles. The first-order valence-corrected chi connectivity index (χ1v) is 7.34. The van der Waals surface area contributed by atoms with Crippen molar-refractivity contribution in [3.63, 3.8) is 0 Å². The summed E-state index contributed by atoms with van der Waals surface area (Å²) in [6.07, 6.45) is 2.04. The Morgan fingerprint density at radius 3 is 2.76 bits per heavy atom. The maximum absolute atomic E-state index is 9.10.